The molecule has 22 heavy (non-hydrogen) atoms. The van der Waals surface area contributed by atoms with E-state index in [1.165, 1.54) is 14.2 Å². The zero-order valence-electron chi connectivity index (χ0n) is 12.8. The smallest absolute Gasteiger partial charge is 0.321 e. The number of ether oxygens (including phenoxy) is 2. The number of fused-ring (bicyclic) bond motifs is 1. The van der Waals surface area contributed by atoms with E-state index in [1.54, 1.807) is 19.1 Å². The van der Waals surface area contributed by atoms with Crippen LogP contribution >= 0.6 is 0 Å². The van der Waals surface area contributed by atoms with Gasteiger partial charge in [-0.25, -0.2) is 0 Å². The molecule has 1 aromatic rings. The molecular weight excluding hydrogens is 288 g/mol. The molecule has 1 aromatic carbocycles. The van der Waals surface area contributed by atoms with Gasteiger partial charge in [0.05, 0.1) is 14.2 Å². The molecule has 0 amide bonds. The number of nitrogens with one attached hydrogen (secondary N) is 1. The van der Waals surface area contributed by atoms with Crippen LogP contribution in [0.5, 0.6) is 11.5 Å². The molecule has 0 radical (unpaired) electrons. The molecule has 0 saturated carbocycles. The molecule has 2 rings (SSSR count). The minimum Gasteiger partial charge on any atom is -0.493 e. The Kier molecular flexibility index (Phi) is 4.39. The largest absolute Gasteiger partial charge is 0.493 e. The van der Waals surface area contributed by atoms with Crippen molar-refractivity contribution in [3.63, 3.8) is 0 Å². The molecule has 4 N–H and O–H groups in total. The van der Waals surface area contributed by atoms with Gasteiger partial charge in [-0.2, -0.15) is 0 Å². The molecular formula is C15H20N2O5. The van der Waals surface area contributed by atoms with E-state index in [2.05, 4.69) is 5.32 Å². The summed E-state index contributed by atoms with van der Waals surface area (Å²) < 4.78 is 10.5. The number of rotatable bonds is 5. The van der Waals surface area contributed by atoms with E-state index < -0.39 is 17.7 Å². The lowest BCUT2D eigenvalue weighted by atomic mass is 9.82. The predicted octanol–water partition coefficient (Wildman–Crippen LogP) is 0.393. The quantitative estimate of drug-likeness (QED) is 0.721. The van der Waals surface area contributed by atoms with Crippen LogP contribution < -0.4 is 20.5 Å². The van der Waals surface area contributed by atoms with Crippen molar-refractivity contribution in [1.29, 1.82) is 0 Å². The van der Waals surface area contributed by atoms with Crippen molar-refractivity contribution in [2.24, 2.45) is 5.73 Å². The summed E-state index contributed by atoms with van der Waals surface area (Å²) in [5.74, 6) is -0.430. The number of hydrogen-bond donors (Lipinski definition) is 3. The second-order valence-electron chi connectivity index (χ2n) is 5.19. The lowest BCUT2D eigenvalue weighted by Gasteiger charge is -2.38. The number of methoxy groups -OCH3 is 2. The third kappa shape index (κ3) is 2.53. The molecule has 120 valence electrons. The van der Waals surface area contributed by atoms with E-state index in [1.807, 2.05) is 0 Å². The maximum atomic E-state index is 12.3. The number of carbonyl (C=O) groups is 2. The normalized spacial score (nSPS) is 23.5. The second-order valence-corrected chi connectivity index (χ2v) is 5.19. The van der Waals surface area contributed by atoms with E-state index in [0.29, 0.717) is 22.6 Å². The van der Waals surface area contributed by atoms with Gasteiger partial charge in [-0.1, -0.05) is 6.92 Å². The Bertz CT molecular complexity index is 616. The molecule has 2 unspecified atom stereocenters. The Morgan fingerprint density at radius 3 is 2.45 bits per heavy atom. The maximum Gasteiger partial charge on any atom is 0.321 e. The Morgan fingerprint density at radius 2 is 1.95 bits per heavy atom. The van der Waals surface area contributed by atoms with Crippen LogP contribution in [0.1, 0.15) is 24.5 Å². The highest BCUT2D eigenvalue weighted by Gasteiger charge is 2.44. The van der Waals surface area contributed by atoms with Crippen LogP contribution in [0.2, 0.25) is 0 Å². The zero-order valence-corrected chi connectivity index (χ0v) is 12.8. The minimum atomic E-state index is -1.55. The van der Waals surface area contributed by atoms with Gasteiger partial charge in [-0.3, -0.25) is 14.9 Å². The molecule has 0 aromatic heterocycles. The van der Waals surface area contributed by atoms with Crippen molar-refractivity contribution in [3.8, 4) is 11.5 Å². The minimum absolute atomic E-state index is 0.184. The van der Waals surface area contributed by atoms with E-state index in [4.69, 9.17) is 15.2 Å². The molecule has 0 saturated heterocycles. The summed E-state index contributed by atoms with van der Waals surface area (Å²) >= 11 is 0. The van der Waals surface area contributed by atoms with Gasteiger partial charge in [0.25, 0.3) is 0 Å². The highest BCUT2D eigenvalue weighted by atomic mass is 16.5. The van der Waals surface area contributed by atoms with Crippen molar-refractivity contribution in [1.82, 2.24) is 5.32 Å². The van der Waals surface area contributed by atoms with Crippen molar-refractivity contribution < 1.29 is 24.2 Å². The lowest BCUT2D eigenvalue weighted by Crippen LogP contribution is -2.64. The monoisotopic (exact) mass is 308 g/mol. The third-order valence-electron chi connectivity index (χ3n) is 3.92. The number of aliphatic carboxylic acids is 1. The number of nitrogens with two attached hydrogens (primary N) is 1. The van der Waals surface area contributed by atoms with Crippen LogP contribution in [0, 0.1) is 0 Å². The fourth-order valence-electron chi connectivity index (χ4n) is 2.74. The van der Waals surface area contributed by atoms with Gasteiger partial charge in [0.1, 0.15) is 6.04 Å². The van der Waals surface area contributed by atoms with Crippen LogP contribution in [-0.4, -0.2) is 37.1 Å². The summed E-state index contributed by atoms with van der Waals surface area (Å²) in [5, 5.41) is 12.0. The first-order valence-electron chi connectivity index (χ1n) is 6.95. The fourth-order valence-corrected chi connectivity index (χ4v) is 2.74. The van der Waals surface area contributed by atoms with Gasteiger partial charge in [-0.15, -0.1) is 0 Å². The van der Waals surface area contributed by atoms with E-state index in [-0.39, 0.29) is 18.6 Å². The first kappa shape index (κ1) is 16.3. The maximum absolute atomic E-state index is 12.3. The van der Waals surface area contributed by atoms with Gasteiger partial charge >= 0.3 is 5.97 Å². The van der Waals surface area contributed by atoms with Gasteiger partial charge in [-0.05, 0) is 24.1 Å². The summed E-state index contributed by atoms with van der Waals surface area (Å²) in [7, 11) is 2.98. The number of carboxylic acids is 1. The second kappa shape index (κ2) is 5.94. The zero-order chi connectivity index (χ0) is 16.5. The molecule has 1 heterocycles. The van der Waals surface area contributed by atoms with Crippen molar-refractivity contribution in [3.05, 3.63) is 23.3 Å². The third-order valence-corrected chi connectivity index (χ3v) is 3.92. The first-order chi connectivity index (χ1) is 10.4. The topological polar surface area (TPSA) is 111 Å². The van der Waals surface area contributed by atoms with E-state index in [9.17, 15) is 14.7 Å². The summed E-state index contributed by atoms with van der Waals surface area (Å²) in [6.45, 7) is 1.68. The van der Waals surface area contributed by atoms with Crippen LogP contribution in [0.25, 0.3) is 0 Å². The van der Waals surface area contributed by atoms with Crippen molar-refractivity contribution >= 4 is 11.8 Å². The van der Waals surface area contributed by atoms with Gasteiger partial charge in [0.15, 0.2) is 22.9 Å². The van der Waals surface area contributed by atoms with Crippen LogP contribution in [-0.2, 0) is 21.7 Å². The molecule has 7 heteroatoms. The molecule has 0 bridgehead atoms. The van der Waals surface area contributed by atoms with Crippen LogP contribution in [0.15, 0.2) is 12.1 Å². The number of benzene rings is 1. The van der Waals surface area contributed by atoms with Gasteiger partial charge < -0.3 is 20.3 Å². The highest BCUT2D eigenvalue weighted by Crippen LogP contribution is 2.37. The van der Waals surface area contributed by atoms with Gasteiger partial charge in [0, 0.05) is 12.0 Å². The van der Waals surface area contributed by atoms with Crippen molar-refractivity contribution in [2.75, 3.05) is 14.2 Å². The fraction of sp³-hybridized carbons (Fsp3) is 0.467. The summed E-state index contributed by atoms with van der Waals surface area (Å²) in [5.41, 5.74) is 5.88. The molecule has 7 nitrogen and oxygen atoms in total. The molecule has 0 aliphatic carbocycles. The lowest BCUT2D eigenvalue weighted by molar-refractivity contribution is -0.141. The number of hydrogen-bond acceptors (Lipinski definition) is 6. The Hall–Kier alpha value is -2.12. The standard InChI is InChI=1S/C15H20N2O5/c1-4-13(18)15(16)9-7-12(22-3)11(21-2)6-8(9)5-10(17-15)14(19)20/h6-7,10,17H,4-5,16H2,1-3H3,(H,19,20). The molecule has 0 spiro atoms. The highest BCUT2D eigenvalue weighted by molar-refractivity contribution is 5.91. The molecule has 2 atom stereocenters. The Balaban J connectivity index is 2.64. The van der Waals surface area contributed by atoms with E-state index in [0.717, 1.165) is 0 Å². The summed E-state index contributed by atoms with van der Waals surface area (Å²) in [6, 6.07) is 2.37. The average molecular weight is 308 g/mol. The SMILES string of the molecule is CCC(=O)C1(N)NC(C(=O)O)Cc2cc(OC)c(OC)cc21. The number of carbonyl (C=O) groups excluding carboxylic acids is 1. The van der Waals surface area contributed by atoms with Crippen LogP contribution in [0.3, 0.4) is 0 Å². The average Bonchev–Trinajstić information content (AvgIpc) is 2.52. The summed E-state index contributed by atoms with van der Waals surface area (Å²) in [4.78, 5) is 23.7. The van der Waals surface area contributed by atoms with E-state index >= 15 is 0 Å². The van der Waals surface area contributed by atoms with Crippen LogP contribution in [0.4, 0.5) is 0 Å². The molecule has 0 fully saturated rings. The molecule has 1 aliphatic heterocycles. The summed E-state index contributed by atoms with van der Waals surface area (Å²) in [6.07, 6.45) is 0.393. The molecule has 1 aliphatic rings. The number of ketones is 1. The predicted molar refractivity (Wildman–Crippen MR) is 79.0 cm³/mol. The Labute approximate surface area is 128 Å². The number of Topliss-reactive ketones (excluding diaryl/α,β-unsaturated/α-hetero) is 1. The first-order valence-corrected chi connectivity index (χ1v) is 6.95. The van der Waals surface area contributed by atoms with Crippen molar-refractivity contribution in [2.45, 2.75) is 31.5 Å². The number of carboxylic acid groups (broad SMARTS) is 1. The Morgan fingerprint density at radius 1 is 1.36 bits per heavy atom. The van der Waals surface area contributed by atoms with Gasteiger partial charge in [0.2, 0.25) is 0 Å².